The molecule has 8 heteroatoms. The van der Waals surface area contributed by atoms with Gasteiger partial charge in [-0.25, -0.2) is 15.9 Å². The lowest BCUT2D eigenvalue weighted by Crippen LogP contribution is -2.50. The van der Waals surface area contributed by atoms with Gasteiger partial charge in [-0.15, -0.1) is 0 Å². The first-order valence-corrected chi connectivity index (χ1v) is 9.02. The fraction of sp³-hybridized carbons (Fsp3) is 0.875. The molecule has 8 nitrogen and oxygen atoms in total. The summed E-state index contributed by atoms with van der Waals surface area (Å²) in [4.78, 5) is 22.1. The minimum atomic E-state index is -0.196. The average molecular weight is 345 g/mol. The monoisotopic (exact) mass is 344 g/mol. The summed E-state index contributed by atoms with van der Waals surface area (Å²) in [6, 6.07) is -0.373. The highest BCUT2D eigenvalue weighted by atomic mass is 16.1. The zero-order valence-corrected chi connectivity index (χ0v) is 15.0. The third kappa shape index (κ3) is 12.5. The predicted molar refractivity (Wildman–Crippen MR) is 97.0 cm³/mol. The normalized spacial score (nSPS) is 13.8. The van der Waals surface area contributed by atoms with E-state index in [0.717, 1.165) is 64.2 Å². The highest BCUT2D eigenvalue weighted by Gasteiger charge is 2.11. The summed E-state index contributed by atoms with van der Waals surface area (Å²) in [5, 5.41) is 2.00. The molecule has 0 aromatic rings. The van der Waals surface area contributed by atoms with Crippen LogP contribution in [0.25, 0.3) is 0 Å². The van der Waals surface area contributed by atoms with Crippen molar-refractivity contribution >= 4 is 12.6 Å². The Morgan fingerprint density at radius 3 is 2.04 bits per heavy atom. The Hall–Kier alpha value is -0.900. The maximum Gasteiger partial charge on any atom is 0.138 e. The van der Waals surface area contributed by atoms with E-state index in [4.69, 9.17) is 11.5 Å². The van der Waals surface area contributed by atoms with Crippen LogP contribution in [-0.4, -0.2) is 62.4 Å². The van der Waals surface area contributed by atoms with Crippen molar-refractivity contribution in [2.75, 3.05) is 32.7 Å². The molecule has 0 fully saturated rings. The van der Waals surface area contributed by atoms with Gasteiger partial charge in [-0.1, -0.05) is 19.8 Å². The number of hydrogen-bond acceptors (Lipinski definition) is 8. The van der Waals surface area contributed by atoms with E-state index in [1.165, 1.54) is 0 Å². The highest BCUT2D eigenvalue weighted by Crippen LogP contribution is 1.99. The van der Waals surface area contributed by atoms with Crippen LogP contribution in [0.5, 0.6) is 0 Å². The topological polar surface area (TPSA) is 126 Å². The van der Waals surface area contributed by atoms with Gasteiger partial charge in [0.2, 0.25) is 0 Å². The van der Waals surface area contributed by atoms with Crippen LogP contribution >= 0.6 is 0 Å². The zero-order valence-electron chi connectivity index (χ0n) is 15.0. The molecule has 0 amide bonds. The number of carbonyl (C=O) groups excluding carboxylic acids is 2. The Morgan fingerprint density at radius 1 is 0.958 bits per heavy atom. The molecule has 0 saturated heterocycles. The number of carbonyl (C=O) groups is 2. The van der Waals surface area contributed by atoms with Crippen molar-refractivity contribution < 1.29 is 9.59 Å². The van der Waals surface area contributed by atoms with E-state index in [1.807, 2.05) is 11.9 Å². The SMILES string of the molecule is CCN(CCNN[C@H](C=O)CCCCN)N[C@H](C=O)CCCCN. The van der Waals surface area contributed by atoms with Crippen molar-refractivity contribution in [3.8, 4) is 0 Å². The largest absolute Gasteiger partial charge is 0.330 e. The Kier molecular flexibility index (Phi) is 16.3. The second-order valence-corrected chi connectivity index (χ2v) is 5.83. The summed E-state index contributed by atoms with van der Waals surface area (Å²) in [5.41, 5.74) is 20.2. The maximum absolute atomic E-state index is 11.1. The van der Waals surface area contributed by atoms with Crippen LogP contribution < -0.4 is 27.7 Å². The fourth-order valence-electron chi connectivity index (χ4n) is 2.30. The van der Waals surface area contributed by atoms with E-state index >= 15 is 0 Å². The second-order valence-electron chi connectivity index (χ2n) is 5.83. The molecule has 0 aliphatic heterocycles. The van der Waals surface area contributed by atoms with E-state index in [9.17, 15) is 9.59 Å². The van der Waals surface area contributed by atoms with Crippen molar-refractivity contribution in [1.82, 2.24) is 21.3 Å². The molecule has 0 spiro atoms. The predicted octanol–water partition coefficient (Wildman–Crippen LogP) is -0.700. The van der Waals surface area contributed by atoms with Gasteiger partial charge in [0.25, 0.3) is 0 Å². The van der Waals surface area contributed by atoms with Crippen molar-refractivity contribution in [1.29, 1.82) is 0 Å². The molecule has 0 aliphatic carbocycles. The Balaban J connectivity index is 3.93. The third-order valence-electron chi connectivity index (χ3n) is 3.79. The molecule has 0 aliphatic rings. The lowest BCUT2D eigenvalue weighted by atomic mass is 10.1. The standard InChI is InChI=1S/C16H36N6O2/c1-2-22(21-16(14-24)8-4-6-10-18)12-11-19-20-15(13-23)7-3-5-9-17/h13-16,19-21H,2-12,17-18H2,1H3/t15-,16-/m0/s1. The Morgan fingerprint density at radius 2 is 1.54 bits per heavy atom. The van der Waals surface area contributed by atoms with Crippen LogP contribution in [0.2, 0.25) is 0 Å². The number of likely N-dealkylation sites (N-methyl/N-ethyl adjacent to an activating group) is 1. The van der Waals surface area contributed by atoms with Gasteiger partial charge in [-0.05, 0) is 38.8 Å². The molecule has 7 N–H and O–H groups in total. The molecule has 0 rings (SSSR count). The molecule has 24 heavy (non-hydrogen) atoms. The number of aldehydes is 2. The van der Waals surface area contributed by atoms with Gasteiger partial charge < -0.3 is 21.1 Å². The molecular formula is C16H36N6O2. The van der Waals surface area contributed by atoms with Crippen LogP contribution in [0.1, 0.15) is 45.4 Å². The number of unbranched alkanes of at least 4 members (excludes halogenated alkanes) is 2. The summed E-state index contributed by atoms with van der Waals surface area (Å²) in [6.07, 6.45) is 7.16. The number of hydrogen-bond donors (Lipinski definition) is 5. The summed E-state index contributed by atoms with van der Waals surface area (Å²) >= 11 is 0. The van der Waals surface area contributed by atoms with E-state index in [0.29, 0.717) is 19.6 Å². The lowest BCUT2D eigenvalue weighted by molar-refractivity contribution is -0.111. The molecule has 0 heterocycles. The minimum Gasteiger partial charge on any atom is -0.330 e. The first-order valence-electron chi connectivity index (χ1n) is 9.02. The van der Waals surface area contributed by atoms with Crippen LogP contribution in [0, 0.1) is 0 Å². The number of nitrogens with two attached hydrogens (primary N) is 2. The van der Waals surface area contributed by atoms with Gasteiger partial charge >= 0.3 is 0 Å². The maximum atomic E-state index is 11.1. The molecule has 0 saturated carbocycles. The summed E-state index contributed by atoms with van der Waals surface area (Å²) < 4.78 is 0. The van der Waals surface area contributed by atoms with Crippen molar-refractivity contribution in [2.24, 2.45) is 11.5 Å². The zero-order chi connectivity index (χ0) is 18.0. The quantitative estimate of drug-likeness (QED) is 0.126. The average Bonchev–Trinajstić information content (AvgIpc) is 2.61. The first-order chi connectivity index (χ1) is 11.7. The molecule has 0 aromatic carbocycles. The van der Waals surface area contributed by atoms with E-state index in [-0.39, 0.29) is 12.1 Å². The van der Waals surface area contributed by atoms with Gasteiger partial charge in [0.1, 0.15) is 12.6 Å². The van der Waals surface area contributed by atoms with Gasteiger partial charge in [0, 0.05) is 19.6 Å². The Labute approximate surface area is 146 Å². The number of nitrogens with one attached hydrogen (secondary N) is 3. The van der Waals surface area contributed by atoms with E-state index in [1.54, 1.807) is 0 Å². The first kappa shape index (κ1) is 23.1. The third-order valence-corrected chi connectivity index (χ3v) is 3.79. The molecule has 142 valence electrons. The van der Waals surface area contributed by atoms with Crippen molar-refractivity contribution in [3.63, 3.8) is 0 Å². The molecule has 0 unspecified atom stereocenters. The summed E-state index contributed by atoms with van der Waals surface area (Å²) in [6.45, 7) is 5.51. The van der Waals surface area contributed by atoms with E-state index < -0.39 is 0 Å². The molecule has 0 radical (unpaired) electrons. The van der Waals surface area contributed by atoms with Crippen LogP contribution in [0.3, 0.4) is 0 Å². The fourth-order valence-corrected chi connectivity index (χ4v) is 2.30. The van der Waals surface area contributed by atoms with Gasteiger partial charge in [0.15, 0.2) is 0 Å². The van der Waals surface area contributed by atoms with Gasteiger partial charge in [0.05, 0.1) is 12.1 Å². The van der Waals surface area contributed by atoms with Gasteiger partial charge in [-0.3, -0.25) is 5.43 Å². The number of hydrazine groups is 2. The molecule has 2 atom stereocenters. The van der Waals surface area contributed by atoms with Crippen molar-refractivity contribution in [3.05, 3.63) is 0 Å². The van der Waals surface area contributed by atoms with Gasteiger partial charge in [-0.2, -0.15) is 0 Å². The minimum absolute atomic E-state index is 0.177. The van der Waals surface area contributed by atoms with Crippen LogP contribution in [-0.2, 0) is 9.59 Å². The van der Waals surface area contributed by atoms with Crippen LogP contribution in [0.4, 0.5) is 0 Å². The lowest BCUT2D eigenvalue weighted by Gasteiger charge is -2.26. The molecule has 0 bridgehead atoms. The van der Waals surface area contributed by atoms with Crippen molar-refractivity contribution in [2.45, 2.75) is 57.5 Å². The van der Waals surface area contributed by atoms with Crippen LogP contribution in [0.15, 0.2) is 0 Å². The smallest absolute Gasteiger partial charge is 0.138 e. The second kappa shape index (κ2) is 16.9. The molecule has 0 aromatic heterocycles. The molecular weight excluding hydrogens is 308 g/mol. The van der Waals surface area contributed by atoms with E-state index in [2.05, 4.69) is 16.3 Å². The Bertz CT molecular complexity index is 306. The summed E-state index contributed by atoms with van der Waals surface area (Å²) in [7, 11) is 0. The summed E-state index contributed by atoms with van der Waals surface area (Å²) in [5.74, 6) is 0. The highest BCUT2D eigenvalue weighted by molar-refractivity contribution is 5.57. The number of nitrogens with zero attached hydrogens (tertiary/aromatic N) is 1. The number of rotatable bonds is 18.